The lowest BCUT2D eigenvalue weighted by molar-refractivity contribution is 0.180. The Morgan fingerprint density at radius 2 is 1.86 bits per heavy atom. The minimum absolute atomic E-state index is 0.0105. The van der Waals surface area contributed by atoms with E-state index in [1.54, 1.807) is 19.2 Å². The molecule has 0 aliphatic heterocycles. The topological polar surface area (TPSA) is 69.6 Å². The van der Waals surface area contributed by atoms with E-state index in [0.29, 0.717) is 5.56 Å². The van der Waals surface area contributed by atoms with Crippen LogP contribution in [0.2, 0.25) is 0 Å². The molecule has 1 fully saturated rings. The van der Waals surface area contributed by atoms with Gasteiger partial charge in [-0.1, -0.05) is 49.6 Å². The number of aliphatic hydroxyl groups excluding tert-OH is 1. The smallest absolute Gasteiger partial charge is 0.279 e. The Balaban J connectivity index is 1.91. The van der Waals surface area contributed by atoms with Crippen molar-refractivity contribution in [2.24, 2.45) is 0 Å². The first-order valence-corrected chi connectivity index (χ1v) is 8.90. The molecule has 6 heteroatoms. The predicted octanol–water partition coefficient (Wildman–Crippen LogP) is 1.82. The molecule has 1 atom stereocenters. The first-order chi connectivity index (χ1) is 10.0. The molecule has 0 aromatic heterocycles. The zero-order valence-corrected chi connectivity index (χ0v) is 13.2. The quantitative estimate of drug-likeness (QED) is 0.842. The third kappa shape index (κ3) is 4.51. The Morgan fingerprint density at radius 3 is 2.48 bits per heavy atom. The van der Waals surface area contributed by atoms with E-state index in [1.807, 2.05) is 18.2 Å². The number of benzene rings is 1. The van der Waals surface area contributed by atoms with Crippen molar-refractivity contribution in [1.29, 1.82) is 0 Å². The van der Waals surface area contributed by atoms with Crippen LogP contribution in [0.5, 0.6) is 0 Å². The first-order valence-electron chi connectivity index (χ1n) is 7.46. The van der Waals surface area contributed by atoms with Gasteiger partial charge >= 0.3 is 0 Å². The van der Waals surface area contributed by atoms with E-state index in [4.69, 9.17) is 0 Å². The molecule has 21 heavy (non-hydrogen) atoms. The van der Waals surface area contributed by atoms with E-state index in [9.17, 15) is 13.5 Å². The number of nitrogens with one attached hydrogen (secondary N) is 1. The fraction of sp³-hybridized carbons (Fsp3) is 0.600. The van der Waals surface area contributed by atoms with Gasteiger partial charge in [-0.2, -0.15) is 17.4 Å². The van der Waals surface area contributed by atoms with Crippen molar-refractivity contribution in [1.82, 2.24) is 9.03 Å². The molecule has 1 aliphatic carbocycles. The fourth-order valence-corrected chi connectivity index (χ4v) is 3.90. The van der Waals surface area contributed by atoms with Gasteiger partial charge in [0, 0.05) is 19.6 Å². The molecule has 0 radical (unpaired) electrons. The number of rotatable bonds is 6. The molecule has 1 aromatic rings. The van der Waals surface area contributed by atoms with Crippen molar-refractivity contribution in [3.8, 4) is 0 Å². The van der Waals surface area contributed by atoms with Gasteiger partial charge in [0.05, 0.1) is 6.10 Å². The Morgan fingerprint density at radius 1 is 1.24 bits per heavy atom. The van der Waals surface area contributed by atoms with E-state index >= 15 is 0 Å². The third-order valence-corrected chi connectivity index (χ3v) is 5.70. The summed E-state index contributed by atoms with van der Waals surface area (Å²) in [5.41, 5.74) is 0.709. The van der Waals surface area contributed by atoms with Crippen LogP contribution in [0.3, 0.4) is 0 Å². The largest absolute Gasteiger partial charge is 0.387 e. The van der Waals surface area contributed by atoms with E-state index in [-0.39, 0.29) is 12.6 Å². The molecular weight excluding hydrogens is 288 g/mol. The first kappa shape index (κ1) is 16.4. The van der Waals surface area contributed by atoms with Gasteiger partial charge in [-0.15, -0.1) is 0 Å². The molecule has 1 saturated carbocycles. The standard InChI is InChI=1S/C15H24N2O3S/c1-17(14-10-6-3-7-11-14)21(19,20)16-12-15(18)13-8-4-2-5-9-13/h2,4-5,8-9,14-16,18H,3,6-7,10-12H2,1H3. The maximum atomic E-state index is 12.3. The van der Waals surface area contributed by atoms with Crippen molar-refractivity contribution in [3.05, 3.63) is 35.9 Å². The summed E-state index contributed by atoms with van der Waals surface area (Å²) in [7, 11) is -1.92. The lowest BCUT2D eigenvalue weighted by Gasteiger charge is -2.30. The van der Waals surface area contributed by atoms with Gasteiger partial charge in [-0.25, -0.2) is 0 Å². The lowest BCUT2D eigenvalue weighted by Crippen LogP contribution is -2.45. The van der Waals surface area contributed by atoms with Crippen LogP contribution >= 0.6 is 0 Å². The van der Waals surface area contributed by atoms with Crippen molar-refractivity contribution in [2.45, 2.75) is 44.2 Å². The maximum absolute atomic E-state index is 12.3. The van der Waals surface area contributed by atoms with Gasteiger partial charge in [0.2, 0.25) is 0 Å². The van der Waals surface area contributed by atoms with E-state index < -0.39 is 16.3 Å². The molecule has 1 aromatic carbocycles. The number of aliphatic hydroxyl groups is 1. The van der Waals surface area contributed by atoms with Crippen LogP contribution in [0.25, 0.3) is 0 Å². The molecule has 1 aliphatic rings. The highest BCUT2D eigenvalue weighted by atomic mass is 32.2. The van der Waals surface area contributed by atoms with Gasteiger partial charge in [0.1, 0.15) is 0 Å². The Bertz CT molecular complexity index is 527. The Kier molecular flexibility index (Phi) is 5.75. The van der Waals surface area contributed by atoms with Crippen LogP contribution in [0, 0.1) is 0 Å². The summed E-state index contributed by atoms with van der Waals surface area (Å²) < 4.78 is 28.5. The number of hydrogen-bond acceptors (Lipinski definition) is 3. The van der Waals surface area contributed by atoms with Crippen molar-refractivity contribution in [2.75, 3.05) is 13.6 Å². The van der Waals surface area contributed by atoms with Gasteiger partial charge < -0.3 is 5.11 Å². The maximum Gasteiger partial charge on any atom is 0.279 e. The fourth-order valence-electron chi connectivity index (χ4n) is 2.72. The van der Waals surface area contributed by atoms with Gasteiger partial charge in [-0.3, -0.25) is 0 Å². The summed E-state index contributed by atoms with van der Waals surface area (Å²) in [6, 6.07) is 9.14. The molecule has 0 spiro atoms. The highest BCUT2D eigenvalue weighted by Crippen LogP contribution is 2.23. The molecule has 118 valence electrons. The number of nitrogens with zero attached hydrogens (tertiary/aromatic N) is 1. The van der Waals surface area contributed by atoms with Crippen LogP contribution in [-0.2, 0) is 10.2 Å². The Labute approximate surface area is 127 Å². The molecular formula is C15H24N2O3S. The molecule has 0 amide bonds. The van der Waals surface area contributed by atoms with Gasteiger partial charge in [0.25, 0.3) is 10.2 Å². The molecule has 2 N–H and O–H groups in total. The average molecular weight is 312 g/mol. The van der Waals surface area contributed by atoms with Crippen LogP contribution in [0.15, 0.2) is 30.3 Å². The van der Waals surface area contributed by atoms with Crippen LogP contribution in [-0.4, -0.2) is 37.5 Å². The van der Waals surface area contributed by atoms with E-state index in [1.165, 1.54) is 10.7 Å². The highest BCUT2D eigenvalue weighted by Gasteiger charge is 2.27. The summed E-state index contributed by atoms with van der Waals surface area (Å²) in [6.07, 6.45) is 4.34. The summed E-state index contributed by atoms with van der Waals surface area (Å²) >= 11 is 0. The minimum atomic E-state index is -3.54. The van der Waals surface area contributed by atoms with Crippen molar-refractivity contribution >= 4 is 10.2 Å². The van der Waals surface area contributed by atoms with Crippen LogP contribution in [0.4, 0.5) is 0 Å². The SMILES string of the molecule is CN(C1CCCCC1)S(=O)(=O)NCC(O)c1ccccc1. The summed E-state index contributed by atoms with van der Waals surface area (Å²) in [5, 5.41) is 10.0. The summed E-state index contributed by atoms with van der Waals surface area (Å²) in [4.78, 5) is 0. The third-order valence-electron chi connectivity index (χ3n) is 4.11. The summed E-state index contributed by atoms with van der Waals surface area (Å²) in [5.74, 6) is 0. The average Bonchev–Trinajstić information content (AvgIpc) is 2.53. The van der Waals surface area contributed by atoms with Crippen molar-refractivity contribution < 1.29 is 13.5 Å². The molecule has 0 heterocycles. The molecule has 1 unspecified atom stereocenters. The van der Waals surface area contributed by atoms with Crippen LogP contribution in [0.1, 0.15) is 43.8 Å². The summed E-state index contributed by atoms with van der Waals surface area (Å²) in [6.45, 7) is -0.0105. The van der Waals surface area contributed by atoms with E-state index in [2.05, 4.69) is 4.72 Å². The number of hydrogen-bond donors (Lipinski definition) is 2. The second-order valence-corrected chi connectivity index (χ2v) is 7.40. The van der Waals surface area contributed by atoms with E-state index in [0.717, 1.165) is 25.7 Å². The van der Waals surface area contributed by atoms with Gasteiger partial charge in [-0.05, 0) is 18.4 Å². The minimum Gasteiger partial charge on any atom is -0.387 e. The monoisotopic (exact) mass is 312 g/mol. The second kappa shape index (κ2) is 7.35. The van der Waals surface area contributed by atoms with Gasteiger partial charge in [0.15, 0.2) is 0 Å². The molecule has 0 bridgehead atoms. The molecule has 2 rings (SSSR count). The second-order valence-electron chi connectivity index (χ2n) is 5.59. The normalized spacial score (nSPS) is 18.8. The zero-order valence-electron chi connectivity index (χ0n) is 12.4. The predicted molar refractivity (Wildman–Crippen MR) is 83.0 cm³/mol. The zero-order chi connectivity index (χ0) is 15.3. The molecule has 5 nitrogen and oxygen atoms in total. The molecule has 0 saturated heterocycles. The van der Waals surface area contributed by atoms with Crippen LogP contribution < -0.4 is 4.72 Å². The van der Waals surface area contributed by atoms with Crippen molar-refractivity contribution in [3.63, 3.8) is 0 Å². The Hall–Kier alpha value is -0.950. The lowest BCUT2D eigenvalue weighted by atomic mass is 9.96. The highest BCUT2D eigenvalue weighted by molar-refractivity contribution is 7.87.